The van der Waals surface area contributed by atoms with Crippen molar-refractivity contribution in [3.05, 3.63) is 36.4 Å². The standard InChI is InChI=1S/C10H9NO3S.K/c11-9-6-5-7-3-1-2-4-8(7)10(9)15(12,13)14;/h1-6H,11H2,(H,12,13,14);/q;+1/p-1. The number of nitrogen functional groups attached to an aromatic ring is 1. The number of hydrogen-bond acceptors (Lipinski definition) is 4. The van der Waals surface area contributed by atoms with Gasteiger partial charge in [0, 0.05) is 11.1 Å². The Morgan fingerprint density at radius 3 is 2.31 bits per heavy atom. The second kappa shape index (κ2) is 5.13. The molecule has 0 aromatic heterocycles. The molecule has 0 bridgehead atoms. The molecule has 2 aromatic carbocycles. The fourth-order valence-electron chi connectivity index (χ4n) is 1.54. The zero-order valence-electron chi connectivity index (χ0n) is 8.67. The molecular weight excluding hydrogens is 253 g/mol. The molecule has 0 fully saturated rings. The van der Waals surface area contributed by atoms with E-state index in [1.807, 2.05) is 0 Å². The fraction of sp³-hybridized carbons (Fsp3) is 0. The summed E-state index contributed by atoms with van der Waals surface area (Å²) >= 11 is 0. The molecule has 0 radical (unpaired) electrons. The third-order valence-electron chi connectivity index (χ3n) is 2.16. The summed E-state index contributed by atoms with van der Waals surface area (Å²) in [5, 5.41) is 1.05. The molecule has 0 aliphatic carbocycles. The van der Waals surface area contributed by atoms with Crippen LogP contribution in [0.5, 0.6) is 0 Å². The van der Waals surface area contributed by atoms with Crippen LogP contribution in [0.15, 0.2) is 41.3 Å². The number of nitrogens with two attached hydrogens (primary N) is 1. The summed E-state index contributed by atoms with van der Waals surface area (Å²) in [6.45, 7) is 0. The van der Waals surface area contributed by atoms with Gasteiger partial charge in [0.1, 0.15) is 10.1 Å². The first-order valence-corrected chi connectivity index (χ1v) is 5.64. The van der Waals surface area contributed by atoms with Gasteiger partial charge in [0.25, 0.3) is 0 Å². The number of benzene rings is 2. The molecule has 2 aromatic rings. The predicted octanol–water partition coefficient (Wildman–Crippen LogP) is -1.67. The van der Waals surface area contributed by atoms with Gasteiger partial charge in [-0.25, -0.2) is 8.42 Å². The molecule has 78 valence electrons. The van der Waals surface area contributed by atoms with Crippen molar-refractivity contribution < 1.29 is 64.4 Å². The Morgan fingerprint density at radius 2 is 1.69 bits per heavy atom. The van der Waals surface area contributed by atoms with Crippen molar-refractivity contribution in [3.8, 4) is 0 Å². The van der Waals surface area contributed by atoms with Crippen molar-refractivity contribution in [2.45, 2.75) is 4.90 Å². The van der Waals surface area contributed by atoms with Crippen LogP contribution in [-0.4, -0.2) is 13.0 Å². The van der Waals surface area contributed by atoms with E-state index in [2.05, 4.69) is 0 Å². The first kappa shape index (κ1) is 14.1. The van der Waals surface area contributed by atoms with Crippen LogP contribution < -0.4 is 57.1 Å². The molecule has 16 heavy (non-hydrogen) atoms. The fourth-order valence-corrected chi connectivity index (χ4v) is 2.35. The van der Waals surface area contributed by atoms with Crippen LogP contribution in [0.2, 0.25) is 0 Å². The molecule has 0 atom stereocenters. The van der Waals surface area contributed by atoms with Crippen molar-refractivity contribution in [2.24, 2.45) is 0 Å². The quantitative estimate of drug-likeness (QED) is 0.378. The molecule has 0 aliphatic heterocycles. The van der Waals surface area contributed by atoms with Gasteiger partial charge < -0.3 is 10.3 Å². The van der Waals surface area contributed by atoms with Crippen LogP contribution in [0, 0.1) is 0 Å². The number of anilines is 1. The first-order chi connectivity index (χ1) is 7.00. The minimum absolute atomic E-state index is 0. The smallest absolute Gasteiger partial charge is 0.744 e. The van der Waals surface area contributed by atoms with Crippen LogP contribution in [0.1, 0.15) is 0 Å². The van der Waals surface area contributed by atoms with E-state index < -0.39 is 10.1 Å². The second-order valence-electron chi connectivity index (χ2n) is 3.16. The van der Waals surface area contributed by atoms with Crippen LogP contribution in [0.3, 0.4) is 0 Å². The number of fused-ring (bicyclic) bond motifs is 1. The first-order valence-electron chi connectivity index (χ1n) is 4.23. The van der Waals surface area contributed by atoms with E-state index in [0.29, 0.717) is 10.8 Å². The van der Waals surface area contributed by atoms with Gasteiger partial charge in [-0.3, -0.25) is 0 Å². The van der Waals surface area contributed by atoms with Crippen LogP contribution in [0.4, 0.5) is 5.69 Å². The third-order valence-corrected chi connectivity index (χ3v) is 3.12. The number of hydrogen-bond donors (Lipinski definition) is 1. The summed E-state index contributed by atoms with van der Waals surface area (Å²) in [5.74, 6) is 0. The summed E-state index contributed by atoms with van der Waals surface area (Å²) in [5.41, 5.74) is 5.48. The summed E-state index contributed by atoms with van der Waals surface area (Å²) in [6.07, 6.45) is 0. The second-order valence-corrected chi connectivity index (χ2v) is 4.48. The van der Waals surface area contributed by atoms with E-state index in [0.717, 1.165) is 0 Å². The van der Waals surface area contributed by atoms with Gasteiger partial charge in [-0.1, -0.05) is 30.3 Å². The monoisotopic (exact) mass is 261 g/mol. The zero-order valence-corrected chi connectivity index (χ0v) is 12.6. The Hall–Kier alpha value is 0.0464. The molecule has 2 N–H and O–H groups in total. The summed E-state index contributed by atoms with van der Waals surface area (Å²) in [7, 11) is -4.54. The minimum Gasteiger partial charge on any atom is -0.744 e. The Balaban J connectivity index is 0.00000128. The van der Waals surface area contributed by atoms with E-state index in [9.17, 15) is 13.0 Å². The van der Waals surface area contributed by atoms with Crippen molar-refractivity contribution in [2.75, 3.05) is 5.73 Å². The Morgan fingerprint density at radius 1 is 1.06 bits per heavy atom. The van der Waals surface area contributed by atoms with E-state index in [1.54, 1.807) is 30.3 Å². The van der Waals surface area contributed by atoms with Gasteiger partial charge in [0.15, 0.2) is 0 Å². The van der Waals surface area contributed by atoms with E-state index in [4.69, 9.17) is 5.73 Å². The molecule has 0 unspecified atom stereocenters. The maximum Gasteiger partial charge on any atom is 1.00 e. The third kappa shape index (κ3) is 2.65. The molecule has 0 saturated carbocycles. The van der Waals surface area contributed by atoms with Gasteiger partial charge >= 0.3 is 51.4 Å². The minimum atomic E-state index is -4.54. The van der Waals surface area contributed by atoms with Crippen molar-refractivity contribution in [1.29, 1.82) is 0 Å². The van der Waals surface area contributed by atoms with Crippen LogP contribution >= 0.6 is 0 Å². The van der Waals surface area contributed by atoms with Gasteiger partial charge in [-0.05, 0) is 11.5 Å². The largest absolute Gasteiger partial charge is 1.00 e. The molecular formula is C10H8KNO3S. The molecule has 2 rings (SSSR count). The maximum atomic E-state index is 11.0. The van der Waals surface area contributed by atoms with E-state index in [1.165, 1.54) is 6.07 Å². The molecule has 0 heterocycles. The van der Waals surface area contributed by atoms with Crippen LogP contribution in [0.25, 0.3) is 10.8 Å². The number of rotatable bonds is 1. The normalized spacial score (nSPS) is 11.1. The molecule has 6 heteroatoms. The molecule has 0 amide bonds. The topological polar surface area (TPSA) is 83.2 Å². The maximum absolute atomic E-state index is 11.0. The van der Waals surface area contributed by atoms with Crippen molar-refractivity contribution in [1.82, 2.24) is 0 Å². The SMILES string of the molecule is Nc1ccc2ccccc2c1S(=O)(=O)[O-].[K+]. The van der Waals surface area contributed by atoms with Crippen molar-refractivity contribution >= 4 is 26.6 Å². The predicted molar refractivity (Wildman–Crippen MR) is 56.3 cm³/mol. The molecule has 0 aliphatic rings. The Bertz CT molecular complexity index is 625. The Kier molecular flexibility index (Phi) is 4.53. The molecule has 0 spiro atoms. The van der Waals surface area contributed by atoms with Gasteiger partial charge in [0.2, 0.25) is 0 Å². The zero-order chi connectivity index (χ0) is 11.1. The Labute approximate surface area is 136 Å². The van der Waals surface area contributed by atoms with E-state index in [-0.39, 0.29) is 62.0 Å². The average molecular weight is 261 g/mol. The van der Waals surface area contributed by atoms with Gasteiger partial charge in [-0.15, -0.1) is 0 Å². The van der Waals surface area contributed by atoms with Crippen molar-refractivity contribution in [3.63, 3.8) is 0 Å². The molecule has 4 nitrogen and oxygen atoms in total. The average Bonchev–Trinajstić information content (AvgIpc) is 2.15. The van der Waals surface area contributed by atoms with Gasteiger partial charge in [-0.2, -0.15) is 0 Å². The summed E-state index contributed by atoms with van der Waals surface area (Å²) < 4.78 is 33.1. The summed E-state index contributed by atoms with van der Waals surface area (Å²) in [4.78, 5) is -0.333. The summed E-state index contributed by atoms with van der Waals surface area (Å²) in [6, 6.07) is 9.82. The molecule has 0 saturated heterocycles. The van der Waals surface area contributed by atoms with Gasteiger partial charge in [0.05, 0.1) is 4.90 Å². The van der Waals surface area contributed by atoms with E-state index >= 15 is 0 Å². The van der Waals surface area contributed by atoms with Crippen LogP contribution in [-0.2, 0) is 10.1 Å².